The van der Waals surface area contributed by atoms with Crippen molar-refractivity contribution in [1.29, 1.82) is 0 Å². The molecule has 2 aliphatic rings. The quantitative estimate of drug-likeness (QED) is 0.105. The Bertz CT molecular complexity index is 3460. The summed E-state index contributed by atoms with van der Waals surface area (Å²) in [7, 11) is -2.77. The maximum Gasteiger partial charge on any atom is 0.252 e. The van der Waals surface area contributed by atoms with Crippen LogP contribution >= 0.6 is 0 Å². The van der Waals surface area contributed by atoms with Crippen LogP contribution in [-0.2, 0) is 5.41 Å². The number of hydrogen-bond donors (Lipinski definition) is 0. The second kappa shape index (κ2) is 17.9. The predicted molar refractivity (Wildman–Crippen MR) is 312 cm³/mol. The molecule has 72 heavy (non-hydrogen) atoms. The van der Waals surface area contributed by atoms with Gasteiger partial charge in [0.1, 0.15) is 0 Å². The fourth-order valence-corrected chi connectivity index (χ4v) is 16.3. The molecule has 10 aromatic rings. The van der Waals surface area contributed by atoms with E-state index < -0.39 is 8.07 Å². The second-order valence-electron chi connectivity index (χ2n) is 20.8. The number of nitrogens with zero attached hydrogens (tertiary/aromatic N) is 3. The molecule has 0 bridgehead atoms. The van der Waals surface area contributed by atoms with Crippen molar-refractivity contribution in [2.75, 3.05) is 14.7 Å². The summed E-state index contributed by atoms with van der Waals surface area (Å²) in [5.41, 5.74) is 19.3. The molecule has 0 radical (unpaired) electrons. The fraction of sp³-hybridized carbons (Fsp3) is 0.104. The topological polar surface area (TPSA) is 9.72 Å². The Morgan fingerprint density at radius 2 is 0.764 bits per heavy atom. The van der Waals surface area contributed by atoms with Crippen LogP contribution in [-0.4, -0.2) is 14.8 Å². The van der Waals surface area contributed by atoms with Crippen LogP contribution in [0.1, 0.15) is 43.0 Å². The lowest BCUT2D eigenvalue weighted by atomic mass is 9.33. The molecule has 0 N–H and O–H groups in total. The van der Waals surface area contributed by atoms with Crippen molar-refractivity contribution >= 4 is 103 Å². The summed E-state index contributed by atoms with van der Waals surface area (Å²) < 4.78 is 0. The van der Waals surface area contributed by atoms with Crippen LogP contribution < -0.4 is 51.8 Å². The highest BCUT2D eigenvalue weighted by Crippen LogP contribution is 2.48. The summed E-state index contributed by atoms with van der Waals surface area (Å²) in [6, 6.07) is 91.6. The minimum atomic E-state index is -2.77. The molecule has 0 saturated carbocycles. The van der Waals surface area contributed by atoms with Crippen molar-refractivity contribution in [3.8, 4) is 0 Å². The van der Waals surface area contributed by atoms with Gasteiger partial charge in [0.2, 0.25) is 0 Å². The molecule has 10 aromatic carbocycles. The second-order valence-corrected chi connectivity index (χ2v) is 24.6. The molecule has 0 amide bonds. The van der Waals surface area contributed by atoms with Gasteiger partial charge in [-0.15, -0.1) is 0 Å². The third-order valence-corrected chi connectivity index (χ3v) is 19.9. The number of fused-ring (bicyclic) bond motifs is 4. The van der Waals surface area contributed by atoms with Crippen LogP contribution in [0.15, 0.2) is 243 Å². The molecule has 0 aliphatic carbocycles. The Balaban J connectivity index is 1.14. The zero-order valence-corrected chi connectivity index (χ0v) is 43.0. The van der Waals surface area contributed by atoms with Gasteiger partial charge in [-0.1, -0.05) is 207 Å². The molecule has 0 atom stereocenters. The smallest absolute Gasteiger partial charge is 0.252 e. The number of para-hydroxylation sites is 1. The van der Waals surface area contributed by atoms with Crippen molar-refractivity contribution in [3.05, 3.63) is 265 Å². The van der Waals surface area contributed by atoms with Gasteiger partial charge in [-0.05, 0) is 142 Å². The summed E-state index contributed by atoms with van der Waals surface area (Å²) in [6.07, 6.45) is 0. The standard InChI is InChI=1S/C67H58BN3Si/c1-47-27-33-53(34-28-47)70-62-41-31-49(3)43-60(62)68-61-44-50(67(4,5)6)32-42-63(61)71(54-35-29-48(2)30-36-54)65-46-55(45-64(70)66(65)68)69(51-19-11-7-12-20-51)52-37-39-59(40-38-52)72(56-21-13-8-14-22-56,57-23-15-9-16-24-57)58-25-17-10-18-26-58/h7-46H,1-6H3. The third-order valence-electron chi connectivity index (χ3n) is 15.1. The van der Waals surface area contributed by atoms with E-state index in [1.807, 2.05) is 0 Å². The monoisotopic (exact) mass is 943 g/mol. The van der Waals surface area contributed by atoms with Gasteiger partial charge in [-0.25, -0.2) is 0 Å². The Hall–Kier alpha value is -8.12. The number of benzene rings is 10. The van der Waals surface area contributed by atoms with Gasteiger partial charge in [0.15, 0.2) is 8.07 Å². The molecule has 0 aromatic heterocycles. The van der Waals surface area contributed by atoms with E-state index in [1.165, 1.54) is 82.1 Å². The Morgan fingerprint density at radius 3 is 1.24 bits per heavy atom. The van der Waals surface area contributed by atoms with Crippen LogP contribution in [0, 0.1) is 20.8 Å². The Kier molecular flexibility index (Phi) is 11.2. The van der Waals surface area contributed by atoms with Crippen LogP contribution in [0.2, 0.25) is 0 Å². The average Bonchev–Trinajstić information content (AvgIpc) is 3.41. The van der Waals surface area contributed by atoms with Gasteiger partial charge in [0.05, 0.1) is 5.69 Å². The van der Waals surface area contributed by atoms with Gasteiger partial charge in [0, 0.05) is 45.5 Å². The Morgan fingerprint density at radius 1 is 0.361 bits per heavy atom. The number of anilines is 9. The molecule has 0 unspecified atom stereocenters. The summed E-state index contributed by atoms with van der Waals surface area (Å²) >= 11 is 0. The highest BCUT2D eigenvalue weighted by Gasteiger charge is 2.45. The van der Waals surface area contributed by atoms with E-state index in [0.29, 0.717) is 0 Å². The van der Waals surface area contributed by atoms with Crippen LogP contribution in [0.3, 0.4) is 0 Å². The maximum absolute atomic E-state index is 2.77. The van der Waals surface area contributed by atoms with Crippen LogP contribution in [0.4, 0.5) is 51.2 Å². The molecule has 2 heterocycles. The van der Waals surface area contributed by atoms with Crippen molar-refractivity contribution in [2.24, 2.45) is 0 Å². The highest BCUT2D eigenvalue weighted by atomic mass is 28.3. The normalized spacial score (nSPS) is 12.8. The molecule has 5 heteroatoms. The molecule has 2 aliphatic heterocycles. The van der Waals surface area contributed by atoms with Crippen molar-refractivity contribution in [2.45, 2.75) is 47.0 Å². The van der Waals surface area contributed by atoms with Gasteiger partial charge in [-0.2, -0.15) is 0 Å². The predicted octanol–water partition coefficient (Wildman–Crippen LogP) is 12.8. The fourth-order valence-electron chi connectivity index (χ4n) is 11.6. The largest absolute Gasteiger partial charge is 0.311 e. The molecule has 3 nitrogen and oxygen atoms in total. The summed E-state index contributed by atoms with van der Waals surface area (Å²) in [5.74, 6) is 0. The minimum absolute atomic E-state index is 0.00357. The summed E-state index contributed by atoms with van der Waals surface area (Å²) in [4.78, 5) is 7.54. The summed E-state index contributed by atoms with van der Waals surface area (Å²) in [5, 5.41) is 5.41. The van der Waals surface area contributed by atoms with Gasteiger partial charge < -0.3 is 14.7 Å². The molecular formula is C67H58BN3Si. The third kappa shape index (κ3) is 7.59. The first kappa shape index (κ1) is 45.0. The van der Waals surface area contributed by atoms with E-state index in [9.17, 15) is 0 Å². The molecule has 12 rings (SSSR count). The van der Waals surface area contributed by atoms with Crippen molar-refractivity contribution in [3.63, 3.8) is 0 Å². The molecule has 348 valence electrons. The first-order valence-corrected chi connectivity index (χ1v) is 27.4. The average molecular weight is 944 g/mol. The van der Waals surface area contributed by atoms with Crippen LogP contribution in [0.5, 0.6) is 0 Å². The summed E-state index contributed by atoms with van der Waals surface area (Å²) in [6.45, 7) is 13.6. The zero-order valence-electron chi connectivity index (χ0n) is 42.0. The minimum Gasteiger partial charge on any atom is -0.311 e. The van der Waals surface area contributed by atoms with Crippen LogP contribution in [0.25, 0.3) is 0 Å². The van der Waals surface area contributed by atoms with E-state index in [2.05, 4.69) is 299 Å². The lowest BCUT2D eigenvalue weighted by molar-refractivity contribution is 0.591. The lowest BCUT2D eigenvalue weighted by Crippen LogP contribution is -2.74. The number of hydrogen-bond acceptors (Lipinski definition) is 3. The maximum atomic E-state index is 2.54. The number of aryl methyl sites for hydroxylation is 3. The lowest BCUT2D eigenvalue weighted by Gasteiger charge is -2.45. The molecule has 0 fully saturated rings. The first-order chi connectivity index (χ1) is 35.1. The SMILES string of the molecule is Cc1ccc(N2c3ccc(C)cc3B3c4cc(C(C)(C)C)ccc4N(c4ccc(C)cc4)c4cc(N(c5ccccc5)c5ccc([Si](c6ccccc6)(c6ccccc6)c6ccccc6)cc5)cc2c43)cc1. The van der Waals surface area contributed by atoms with E-state index in [0.717, 1.165) is 28.4 Å². The van der Waals surface area contributed by atoms with E-state index in [-0.39, 0.29) is 12.1 Å². The van der Waals surface area contributed by atoms with Crippen molar-refractivity contribution < 1.29 is 0 Å². The first-order valence-electron chi connectivity index (χ1n) is 25.4. The molecule has 0 spiro atoms. The number of rotatable bonds is 9. The van der Waals surface area contributed by atoms with Gasteiger partial charge in [0.25, 0.3) is 6.71 Å². The Labute approximate surface area is 427 Å². The van der Waals surface area contributed by atoms with Crippen molar-refractivity contribution in [1.82, 2.24) is 0 Å². The zero-order chi connectivity index (χ0) is 49.1. The van der Waals surface area contributed by atoms with E-state index in [4.69, 9.17) is 0 Å². The van der Waals surface area contributed by atoms with E-state index >= 15 is 0 Å². The molecular weight excluding hydrogens is 886 g/mol. The van der Waals surface area contributed by atoms with Gasteiger partial charge >= 0.3 is 0 Å². The molecule has 0 saturated heterocycles. The highest BCUT2D eigenvalue weighted by molar-refractivity contribution is 7.19. The van der Waals surface area contributed by atoms with E-state index in [1.54, 1.807) is 0 Å². The van der Waals surface area contributed by atoms with Gasteiger partial charge in [-0.3, -0.25) is 0 Å².